The monoisotopic (exact) mass is 279 g/mol. The zero-order valence-electron chi connectivity index (χ0n) is 13.5. The molecule has 0 amide bonds. The maximum absolute atomic E-state index is 5.21. The molecule has 4 heteroatoms. The van der Waals surface area contributed by atoms with Gasteiger partial charge in [-0.3, -0.25) is 4.98 Å². The maximum atomic E-state index is 5.21. The van der Waals surface area contributed by atoms with Gasteiger partial charge < -0.3 is 15.0 Å². The number of methoxy groups -OCH3 is 1. The summed E-state index contributed by atoms with van der Waals surface area (Å²) >= 11 is 0. The van der Waals surface area contributed by atoms with Gasteiger partial charge in [0.05, 0.1) is 24.2 Å². The molecule has 114 valence electrons. The number of nitrogens with zero attached hydrogens (tertiary/aromatic N) is 2. The largest absolute Gasteiger partial charge is 0.383 e. The van der Waals surface area contributed by atoms with Crippen LogP contribution in [0.1, 0.15) is 45.3 Å². The summed E-state index contributed by atoms with van der Waals surface area (Å²) in [7, 11) is 3.72. The molecule has 0 bridgehead atoms. The van der Waals surface area contributed by atoms with Crippen LogP contribution in [-0.4, -0.2) is 38.3 Å². The van der Waals surface area contributed by atoms with Crippen LogP contribution in [0.15, 0.2) is 18.3 Å². The summed E-state index contributed by atoms with van der Waals surface area (Å²) in [6.45, 7) is 8.25. The van der Waals surface area contributed by atoms with Crippen LogP contribution in [0.25, 0.3) is 0 Å². The van der Waals surface area contributed by atoms with Crippen molar-refractivity contribution in [2.45, 2.75) is 45.7 Å². The molecule has 1 aromatic rings. The molecular formula is C16H29N3O. The van der Waals surface area contributed by atoms with Crippen molar-refractivity contribution >= 4 is 5.69 Å². The number of nitrogens with one attached hydrogen (secondary N) is 1. The summed E-state index contributed by atoms with van der Waals surface area (Å²) in [5.41, 5.74) is 2.28. The van der Waals surface area contributed by atoms with Crippen LogP contribution in [0.4, 0.5) is 5.69 Å². The van der Waals surface area contributed by atoms with Crippen molar-refractivity contribution in [1.82, 2.24) is 10.3 Å². The zero-order chi connectivity index (χ0) is 15.0. The van der Waals surface area contributed by atoms with Gasteiger partial charge in [0.2, 0.25) is 0 Å². The van der Waals surface area contributed by atoms with Crippen LogP contribution in [0, 0.1) is 0 Å². The van der Waals surface area contributed by atoms with Crippen LogP contribution >= 0.6 is 0 Å². The second-order valence-electron chi connectivity index (χ2n) is 5.13. The molecule has 0 fully saturated rings. The minimum absolute atomic E-state index is 0.333. The number of hydrogen-bond donors (Lipinski definition) is 1. The van der Waals surface area contributed by atoms with Crippen LogP contribution in [0.2, 0.25) is 0 Å². The highest BCUT2D eigenvalue weighted by molar-refractivity contribution is 5.45. The van der Waals surface area contributed by atoms with Crippen LogP contribution in [-0.2, 0) is 4.74 Å². The Morgan fingerprint density at radius 2 is 2.05 bits per heavy atom. The van der Waals surface area contributed by atoms with Gasteiger partial charge in [-0.05, 0) is 38.9 Å². The number of hydrogen-bond acceptors (Lipinski definition) is 4. The fourth-order valence-corrected chi connectivity index (χ4v) is 2.35. The normalized spacial score (nSPS) is 14.1. The first-order chi connectivity index (χ1) is 9.67. The lowest BCUT2D eigenvalue weighted by atomic mass is 10.1. The van der Waals surface area contributed by atoms with E-state index in [-0.39, 0.29) is 0 Å². The van der Waals surface area contributed by atoms with E-state index in [1.165, 1.54) is 5.69 Å². The van der Waals surface area contributed by atoms with Gasteiger partial charge in [-0.15, -0.1) is 0 Å². The Labute approximate surface area is 123 Å². The summed E-state index contributed by atoms with van der Waals surface area (Å²) in [6, 6.07) is 5.12. The van der Waals surface area contributed by atoms with E-state index in [9.17, 15) is 0 Å². The van der Waals surface area contributed by atoms with Crippen molar-refractivity contribution < 1.29 is 4.74 Å². The first kappa shape index (κ1) is 16.9. The highest BCUT2D eigenvalue weighted by Gasteiger charge is 2.14. The molecule has 2 atom stereocenters. The van der Waals surface area contributed by atoms with Gasteiger partial charge in [-0.25, -0.2) is 0 Å². The van der Waals surface area contributed by atoms with Crippen molar-refractivity contribution in [2.75, 3.05) is 32.2 Å². The standard InChI is InChI=1S/C16H29N3O/c1-6-13(3)19(10-11-20-5)14-8-9-16(18-12-14)15(7-2)17-4/h8-9,12-13,15,17H,6-7,10-11H2,1-5H3. The second-order valence-corrected chi connectivity index (χ2v) is 5.13. The number of aromatic nitrogens is 1. The first-order valence-electron chi connectivity index (χ1n) is 7.56. The Balaban J connectivity index is 2.86. The van der Waals surface area contributed by atoms with Gasteiger partial charge in [0.1, 0.15) is 0 Å². The molecule has 20 heavy (non-hydrogen) atoms. The molecule has 1 rings (SSSR count). The molecule has 0 saturated heterocycles. The molecular weight excluding hydrogens is 250 g/mol. The zero-order valence-corrected chi connectivity index (χ0v) is 13.5. The van der Waals surface area contributed by atoms with Gasteiger partial charge in [0.15, 0.2) is 0 Å². The van der Waals surface area contributed by atoms with Crippen molar-refractivity contribution in [1.29, 1.82) is 0 Å². The van der Waals surface area contributed by atoms with Gasteiger partial charge in [0.25, 0.3) is 0 Å². The topological polar surface area (TPSA) is 37.4 Å². The average Bonchev–Trinajstić information content (AvgIpc) is 2.50. The summed E-state index contributed by atoms with van der Waals surface area (Å²) in [4.78, 5) is 6.98. The van der Waals surface area contributed by atoms with E-state index >= 15 is 0 Å². The number of anilines is 1. The number of pyridine rings is 1. The third-order valence-electron chi connectivity index (χ3n) is 3.88. The molecule has 0 aliphatic carbocycles. The molecule has 0 spiro atoms. The molecule has 1 N–H and O–H groups in total. The summed E-state index contributed by atoms with van der Waals surface area (Å²) < 4.78 is 5.21. The highest BCUT2D eigenvalue weighted by Crippen LogP contribution is 2.20. The van der Waals surface area contributed by atoms with Gasteiger partial charge in [-0.1, -0.05) is 13.8 Å². The van der Waals surface area contributed by atoms with E-state index in [1.54, 1.807) is 7.11 Å². The molecule has 0 radical (unpaired) electrons. The van der Waals surface area contributed by atoms with Crippen molar-refractivity contribution in [2.24, 2.45) is 0 Å². The van der Waals surface area contributed by atoms with Crippen molar-refractivity contribution in [3.05, 3.63) is 24.0 Å². The van der Waals surface area contributed by atoms with Gasteiger partial charge in [-0.2, -0.15) is 0 Å². The lowest BCUT2D eigenvalue weighted by molar-refractivity contribution is 0.203. The molecule has 1 aromatic heterocycles. The maximum Gasteiger partial charge on any atom is 0.0637 e. The Morgan fingerprint density at radius 1 is 1.30 bits per heavy atom. The van der Waals surface area contributed by atoms with Crippen LogP contribution in [0.3, 0.4) is 0 Å². The SMILES string of the molecule is CCC(NC)c1ccc(N(CCOC)C(C)CC)cn1. The number of rotatable bonds is 9. The minimum atomic E-state index is 0.333. The van der Waals surface area contributed by atoms with Crippen LogP contribution < -0.4 is 10.2 Å². The molecule has 0 aromatic carbocycles. The molecule has 0 aliphatic rings. The third-order valence-corrected chi connectivity index (χ3v) is 3.88. The predicted molar refractivity (Wildman–Crippen MR) is 85.3 cm³/mol. The molecule has 0 saturated carbocycles. The van der Waals surface area contributed by atoms with Gasteiger partial charge in [0, 0.05) is 25.7 Å². The quantitative estimate of drug-likeness (QED) is 0.754. The lowest BCUT2D eigenvalue weighted by Gasteiger charge is -2.30. The fourth-order valence-electron chi connectivity index (χ4n) is 2.35. The average molecular weight is 279 g/mol. The van der Waals surface area contributed by atoms with E-state index < -0.39 is 0 Å². The van der Waals surface area contributed by atoms with E-state index in [4.69, 9.17) is 4.74 Å². The Bertz CT molecular complexity index is 362. The summed E-state index contributed by atoms with van der Waals surface area (Å²) in [5.74, 6) is 0. The minimum Gasteiger partial charge on any atom is -0.383 e. The second kappa shape index (κ2) is 8.93. The first-order valence-corrected chi connectivity index (χ1v) is 7.56. The van der Waals surface area contributed by atoms with Crippen LogP contribution in [0.5, 0.6) is 0 Å². The lowest BCUT2D eigenvalue weighted by Crippen LogP contribution is -2.35. The Kier molecular flexibility index (Phi) is 7.55. The van der Waals surface area contributed by atoms with Crippen molar-refractivity contribution in [3.63, 3.8) is 0 Å². The molecule has 2 unspecified atom stereocenters. The predicted octanol–water partition coefficient (Wildman–Crippen LogP) is 3.00. The van der Waals surface area contributed by atoms with Crippen molar-refractivity contribution in [3.8, 4) is 0 Å². The fraction of sp³-hybridized carbons (Fsp3) is 0.688. The molecule has 4 nitrogen and oxygen atoms in total. The number of ether oxygens (including phenoxy) is 1. The summed E-state index contributed by atoms with van der Waals surface area (Å²) in [5, 5.41) is 3.29. The smallest absolute Gasteiger partial charge is 0.0637 e. The third kappa shape index (κ3) is 4.46. The summed E-state index contributed by atoms with van der Waals surface area (Å²) in [6.07, 6.45) is 4.14. The van der Waals surface area contributed by atoms with Gasteiger partial charge >= 0.3 is 0 Å². The highest BCUT2D eigenvalue weighted by atomic mass is 16.5. The molecule has 0 aliphatic heterocycles. The van der Waals surface area contributed by atoms with E-state index in [1.807, 2.05) is 13.2 Å². The Morgan fingerprint density at radius 3 is 2.50 bits per heavy atom. The van der Waals surface area contributed by atoms with E-state index in [2.05, 4.69) is 48.1 Å². The Hall–Kier alpha value is -1.13. The van der Waals surface area contributed by atoms with E-state index in [0.29, 0.717) is 12.1 Å². The molecule has 1 heterocycles. The van der Waals surface area contributed by atoms with E-state index in [0.717, 1.165) is 31.7 Å².